The second kappa shape index (κ2) is 4.74. The molecule has 20 heavy (non-hydrogen) atoms. The predicted octanol–water partition coefficient (Wildman–Crippen LogP) is 1.93. The van der Waals surface area contributed by atoms with Crippen LogP contribution in [-0.4, -0.2) is 33.8 Å². The van der Waals surface area contributed by atoms with Crippen molar-refractivity contribution in [3.05, 3.63) is 35.4 Å². The monoisotopic (exact) mass is 273 g/mol. The molecule has 1 N–H and O–H groups in total. The summed E-state index contributed by atoms with van der Waals surface area (Å²) in [4.78, 5) is 37.3. The van der Waals surface area contributed by atoms with Gasteiger partial charge in [0.2, 0.25) is 0 Å². The third-order valence-corrected chi connectivity index (χ3v) is 4.20. The van der Waals surface area contributed by atoms with E-state index >= 15 is 0 Å². The van der Waals surface area contributed by atoms with Crippen LogP contribution in [0.3, 0.4) is 0 Å². The molecule has 2 aliphatic rings. The van der Waals surface area contributed by atoms with Gasteiger partial charge in [0, 0.05) is 0 Å². The highest BCUT2D eigenvalue weighted by molar-refractivity contribution is 6.21. The molecule has 2 atom stereocenters. The number of rotatable bonds is 2. The topological polar surface area (TPSA) is 74.7 Å². The number of imide groups is 1. The number of hydrogen-bond donors (Lipinski definition) is 1. The Morgan fingerprint density at radius 3 is 2.15 bits per heavy atom. The summed E-state index contributed by atoms with van der Waals surface area (Å²) in [5.41, 5.74) is 0.763. The van der Waals surface area contributed by atoms with Gasteiger partial charge in [-0.1, -0.05) is 25.0 Å². The molecule has 104 valence electrons. The molecule has 5 heteroatoms. The summed E-state index contributed by atoms with van der Waals surface area (Å²) >= 11 is 0. The van der Waals surface area contributed by atoms with Gasteiger partial charge in [-0.2, -0.15) is 0 Å². The lowest BCUT2D eigenvalue weighted by molar-refractivity contribution is -0.144. The molecule has 0 spiro atoms. The maximum Gasteiger partial charge on any atom is 0.308 e. The van der Waals surface area contributed by atoms with Gasteiger partial charge in [0.25, 0.3) is 11.8 Å². The van der Waals surface area contributed by atoms with Crippen LogP contribution >= 0.6 is 0 Å². The Hall–Kier alpha value is -2.17. The molecule has 0 radical (unpaired) electrons. The van der Waals surface area contributed by atoms with Gasteiger partial charge >= 0.3 is 5.97 Å². The van der Waals surface area contributed by atoms with Crippen molar-refractivity contribution in [2.45, 2.75) is 31.7 Å². The van der Waals surface area contributed by atoms with Crippen LogP contribution in [0.25, 0.3) is 0 Å². The molecule has 0 aromatic heterocycles. The van der Waals surface area contributed by atoms with E-state index in [1.807, 2.05) is 0 Å². The molecule has 2 amide bonds. The molecule has 1 aliphatic heterocycles. The van der Waals surface area contributed by atoms with Gasteiger partial charge in [-0.25, -0.2) is 0 Å². The fourth-order valence-corrected chi connectivity index (χ4v) is 3.22. The fourth-order valence-electron chi connectivity index (χ4n) is 3.22. The third-order valence-electron chi connectivity index (χ3n) is 4.20. The summed E-state index contributed by atoms with van der Waals surface area (Å²) < 4.78 is 0. The van der Waals surface area contributed by atoms with Crippen molar-refractivity contribution in [3.63, 3.8) is 0 Å². The van der Waals surface area contributed by atoms with Gasteiger partial charge < -0.3 is 5.11 Å². The second-order valence-corrected chi connectivity index (χ2v) is 5.32. The summed E-state index contributed by atoms with van der Waals surface area (Å²) in [5, 5.41) is 9.31. The number of carboxylic acids is 1. The highest BCUT2D eigenvalue weighted by atomic mass is 16.4. The second-order valence-electron chi connectivity index (χ2n) is 5.32. The Kier molecular flexibility index (Phi) is 3.04. The largest absolute Gasteiger partial charge is 0.481 e. The number of fused-ring (bicyclic) bond motifs is 1. The van der Waals surface area contributed by atoms with Gasteiger partial charge in [0.1, 0.15) is 0 Å². The van der Waals surface area contributed by atoms with E-state index in [2.05, 4.69) is 0 Å². The van der Waals surface area contributed by atoms with Crippen LogP contribution in [0.1, 0.15) is 46.4 Å². The number of nitrogens with zero attached hydrogens (tertiary/aromatic N) is 1. The minimum Gasteiger partial charge on any atom is -0.481 e. The van der Waals surface area contributed by atoms with Gasteiger partial charge in [0.05, 0.1) is 23.1 Å². The zero-order valence-electron chi connectivity index (χ0n) is 10.9. The van der Waals surface area contributed by atoms with Gasteiger partial charge in [-0.15, -0.1) is 0 Å². The van der Waals surface area contributed by atoms with Crippen molar-refractivity contribution in [3.8, 4) is 0 Å². The minimum absolute atomic E-state index is 0.358. The molecule has 0 bridgehead atoms. The SMILES string of the molecule is O=C(O)C1CCCCC1N1C(=O)c2ccccc2C1=O. The third kappa shape index (κ3) is 1.81. The van der Waals surface area contributed by atoms with Crippen LogP contribution in [0.15, 0.2) is 24.3 Å². The molecular weight excluding hydrogens is 258 g/mol. The van der Waals surface area contributed by atoms with Crippen molar-refractivity contribution in [2.75, 3.05) is 0 Å². The maximum absolute atomic E-state index is 12.4. The van der Waals surface area contributed by atoms with Crippen LogP contribution in [-0.2, 0) is 4.79 Å². The fraction of sp³-hybridized carbons (Fsp3) is 0.400. The van der Waals surface area contributed by atoms with E-state index in [0.29, 0.717) is 24.0 Å². The molecule has 1 fully saturated rings. The first kappa shape index (κ1) is 12.8. The van der Waals surface area contributed by atoms with Crippen molar-refractivity contribution < 1.29 is 19.5 Å². The average Bonchev–Trinajstić information content (AvgIpc) is 2.71. The Balaban J connectivity index is 1.97. The van der Waals surface area contributed by atoms with Crippen LogP contribution < -0.4 is 0 Å². The number of benzene rings is 1. The lowest BCUT2D eigenvalue weighted by atomic mass is 9.83. The van der Waals surface area contributed by atoms with Gasteiger partial charge in [-0.05, 0) is 25.0 Å². The van der Waals surface area contributed by atoms with Crippen molar-refractivity contribution in [1.29, 1.82) is 0 Å². The zero-order chi connectivity index (χ0) is 14.3. The van der Waals surface area contributed by atoms with E-state index in [4.69, 9.17) is 0 Å². The molecule has 1 aromatic carbocycles. The predicted molar refractivity (Wildman–Crippen MR) is 70.3 cm³/mol. The van der Waals surface area contributed by atoms with Crippen molar-refractivity contribution in [1.82, 2.24) is 4.90 Å². The Bertz CT molecular complexity index is 560. The molecule has 2 unspecified atom stereocenters. The van der Waals surface area contributed by atoms with E-state index in [1.165, 1.54) is 4.90 Å². The van der Waals surface area contributed by atoms with E-state index < -0.39 is 17.9 Å². The lowest BCUT2D eigenvalue weighted by Crippen LogP contribution is -2.48. The Morgan fingerprint density at radius 1 is 1.05 bits per heavy atom. The summed E-state index contributed by atoms with van der Waals surface area (Å²) in [6, 6.07) is 6.14. The lowest BCUT2D eigenvalue weighted by Gasteiger charge is -2.34. The van der Waals surface area contributed by atoms with E-state index in [9.17, 15) is 19.5 Å². The quantitative estimate of drug-likeness (QED) is 0.835. The Labute approximate surface area is 116 Å². The molecule has 1 aliphatic carbocycles. The molecule has 3 rings (SSSR count). The number of carbonyl (C=O) groups excluding carboxylic acids is 2. The number of aliphatic carboxylic acids is 1. The molecule has 1 saturated carbocycles. The molecule has 1 heterocycles. The summed E-state index contributed by atoms with van der Waals surface area (Å²) in [6.45, 7) is 0. The highest BCUT2D eigenvalue weighted by Gasteiger charge is 2.45. The number of hydrogen-bond acceptors (Lipinski definition) is 3. The smallest absolute Gasteiger partial charge is 0.308 e. The van der Waals surface area contributed by atoms with E-state index in [1.54, 1.807) is 24.3 Å². The first-order valence-electron chi connectivity index (χ1n) is 6.81. The van der Waals surface area contributed by atoms with Crippen LogP contribution in [0.4, 0.5) is 0 Å². The van der Waals surface area contributed by atoms with Crippen molar-refractivity contribution in [2.24, 2.45) is 5.92 Å². The van der Waals surface area contributed by atoms with E-state index in [0.717, 1.165) is 12.8 Å². The van der Waals surface area contributed by atoms with Crippen molar-refractivity contribution >= 4 is 17.8 Å². The van der Waals surface area contributed by atoms with Crippen LogP contribution in [0.2, 0.25) is 0 Å². The standard InChI is InChI=1S/C15H15NO4/c17-13-9-5-1-2-6-10(9)14(18)16(13)12-8-4-3-7-11(12)15(19)20/h1-2,5-6,11-12H,3-4,7-8H2,(H,19,20). The van der Waals surface area contributed by atoms with Gasteiger partial charge in [-0.3, -0.25) is 19.3 Å². The van der Waals surface area contributed by atoms with Gasteiger partial charge in [0.15, 0.2) is 0 Å². The molecule has 0 saturated heterocycles. The molecular formula is C15H15NO4. The normalized spacial score (nSPS) is 25.7. The summed E-state index contributed by atoms with van der Waals surface area (Å²) in [7, 11) is 0. The molecule has 1 aromatic rings. The van der Waals surface area contributed by atoms with Crippen LogP contribution in [0, 0.1) is 5.92 Å². The molecule has 5 nitrogen and oxygen atoms in total. The first-order valence-corrected chi connectivity index (χ1v) is 6.81. The summed E-state index contributed by atoms with van der Waals surface area (Å²) in [6.07, 6.45) is 2.77. The number of amides is 2. The Morgan fingerprint density at radius 2 is 1.60 bits per heavy atom. The number of carbonyl (C=O) groups is 3. The number of carboxylic acid groups (broad SMARTS) is 1. The summed E-state index contributed by atoms with van der Waals surface area (Å²) in [5.74, 6) is -2.29. The first-order chi connectivity index (χ1) is 9.61. The minimum atomic E-state index is -0.925. The zero-order valence-corrected chi connectivity index (χ0v) is 10.9. The maximum atomic E-state index is 12.4. The van der Waals surface area contributed by atoms with Crippen LogP contribution in [0.5, 0.6) is 0 Å². The van der Waals surface area contributed by atoms with E-state index in [-0.39, 0.29) is 11.8 Å². The average molecular weight is 273 g/mol. The highest BCUT2D eigenvalue weighted by Crippen LogP contribution is 2.34.